The summed E-state index contributed by atoms with van der Waals surface area (Å²) >= 11 is 0. The van der Waals surface area contributed by atoms with E-state index in [0.29, 0.717) is 18.0 Å². The van der Waals surface area contributed by atoms with Gasteiger partial charge in [0.05, 0.1) is 11.0 Å². The molecule has 0 saturated carbocycles. The second-order valence-corrected chi connectivity index (χ2v) is 8.89. The SMILES string of the molecule is CC(C)C1N(C(C)C)C(C)(C)C(C)(C)C(=O)N(C)C1(C)C. The van der Waals surface area contributed by atoms with Crippen molar-refractivity contribution in [3.8, 4) is 0 Å². The summed E-state index contributed by atoms with van der Waals surface area (Å²) < 4.78 is 0. The topological polar surface area (TPSA) is 23.6 Å². The molecule has 0 spiro atoms. The van der Waals surface area contributed by atoms with E-state index >= 15 is 0 Å². The standard InChI is InChI=1S/C18H36N2O/c1-12(2)14-17(7,8)19(11)15(21)16(5,6)18(9,10)20(14)13(3)4/h12-14H,1-11H3. The number of amides is 1. The van der Waals surface area contributed by atoms with Crippen molar-refractivity contribution in [1.29, 1.82) is 0 Å². The maximum Gasteiger partial charge on any atom is 0.230 e. The second kappa shape index (κ2) is 5.26. The Morgan fingerprint density at radius 1 is 0.952 bits per heavy atom. The van der Waals surface area contributed by atoms with Crippen molar-refractivity contribution in [1.82, 2.24) is 9.80 Å². The minimum atomic E-state index is -0.424. The third kappa shape index (κ3) is 2.52. The fraction of sp³-hybridized carbons (Fsp3) is 0.944. The van der Waals surface area contributed by atoms with Gasteiger partial charge < -0.3 is 4.90 Å². The Kier molecular flexibility index (Phi) is 4.63. The average Bonchev–Trinajstić information content (AvgIpc) is 2.33. The van der Waals surface area contributed by atoms with Crippen molar-refractivity contribution >= 4 is 5.91 Å². The molecule has 1 aliphatic heterocycles. The van der Waals surface area contributed by atoms with Gasteiger partial charge in [-0.2, -0.15) is 0 Å². The van der Waals surface area contributed by atoms with E-state index in [9.17, 15) is 4.79 Å². The Morgan fingerprint density at radius 2 is 1.38 bits per heavy atom. The van der Waals surface area contributed by atoms with Gasteiger partial charge in [-0.05, 0) is 61.3 Å². The summed E-state index contributed by atoms with van der Waals surface area (Å²) in [5, 5.41) is 0. The van der Waals surface area contributed by atoms with E-state index in [2.05, 4.69) is 74.1 Å². The van der Waals surface area contributed by atoms with Crippen LogP contribution in [0.3, 0.4) is 0 Å². The molecule has 0 bridgehead atoms. The second-order valence-electron chi connectivity index (χ2n) is 8.89. The van der Waals surface area contributed by atoms with Crippen molar-refractivity contribution in [2.24, 2.45) is 11.3 Å². The Morgan fingerprint density at radius 3 is 1.71 bits per heavy atom. The molecule has 1 unspecified atom stereocenters. The van der Waals surface area contributed by atoms with Gasteiger partial charge in [0, 0.05) is 24.7 Å². The van der Waals surface area contributed by atoms with Crippen LogP contribution in [0, 0.1) is 11.3 Å². The molecule has 0 aromatic heterocycles. The molecule has 1 saturated heterocycles. The zero-order valence-electron chi connectivity index (χ0n) is 16.0. The van der Waals surface area contributed by atoms with Crippen molar-refractivity contribution in [3.05, 3.63) is 0 Å². The summed E-state index contributed by atoms with van der Waals surface area (Å²) in [7, 11) is 1.97. The molecule has 1 atom stereocenters. The Hall–Kier alpha value is -0.570. The summed E-state index contributed by atoms with van der Waals surface area (Å²) in [4.78, 5) is 17.7. The van der Waals surface area contributed by atoms with Gasteiger partial charge in [-0.3, -0.25) is 9.69 Å². The molecule has 0 radical (unpaired) electrons. The number of nitrogens with zero attached hydrogens (tertiary/aromatic N) is 2. The highest BCUT2D eigenvalue weighted by Gasteiger charge is 2.58. The lowest BCUT2D eigenvalue weighted by atomic mass is 9.71. The number of likely N-dealkylation sites (N-methyl/N-ethyl adjacent to an activating group) is 1. The molecule has 1 amide bonds. The van der Waals surface area contributed by atoms with E-state index in [1.54, 1.807) is 0 Å². The maximum absolute atomic E-state index is 13.1. The molecule has 124 valence electrons. The van der Waals surface area contributed by atoms with E-state index in [0.717, 1.165) is 0 Å². The van der Waals surface area contributed by atoms with Gasteiger partial charge in [0.1, 0.15) is 0 Å². The molecule has 1 rings (SSSR count). The van der Waals surface area contributed by atoms with Gasteiger partial charge >= 0.3 is 0 Å². The molecule has 0 N–H and O–H groups in total. The van der Waals surface area contributed by atoms with Crippen molar-refractivity contribution in [3.63, 3.8) is 0 Å². The average molecular weight is 296 g/mol. The highest BCUT2D eigenvalue weighted by Crippen LogP contribution is 2.47. The third-order valence-corrected chi connectivity index (χ3v) is 6.09. The summed E-state index contributed by atoms with van der Waals surface area (Å²) in [6.07, 6.45) is 0. The van der Waals surface area contributed by atoms with E-state index in [1.807, 2.05) is 11.9 Å². The first-order chi connectivity index (χ1) is 9.20. The molecule has 1 heterocycles. The van der Waals surface area contributed by atoms with Gasteiger partial charge in [-0.1, -0.05) is 13.8 Å². The van der Waals surface area contributed by atoms with Crippen molar-refractivity contribution in [2.75, 3.05) is 7.05 Å². The predicted octanol–water partition coefficient (Wildman–Crippen LogP) is 3.78. The van der Waals surface area contributed by atoms with Gasteiger partial charge in [0.25, 0.3) is 0 Å². The number of hydrogen-bond donors (Lipinski definition) is 0. The predicted molar refractivity (Wildman–Crippen MR) is 90.3 cm³/mol. The van der Waals surface area contributed by atoms with Crippen molar-refractivity contribution < 1.29 is 4.79 Å². The number of hydrogen-bond acceptors (Lipinski definition) is 2. The molecule has 3 nitrogen and oxygen atoms in total. The van der Waals surface area contributed by atoms with Crippen LogP contribution in [-0.4, -0.2) is 45.9 Å². The number of carbonyl (C=O) groups is 1. The van der Waals surface area contributed by atoms with Crippen LogP contribution >= 0.6 is 0 Å². The van der Waals surface area contributed by atoms with Gasteiger partial charge in [-0.25, -0.2) is 0 Å². The Bertz CT molecular complexity index is 407. The normalized spacial score (nSPS) is 29.1. The lowest BCUT2D eigenvalue weighted by Crippen LogP contribution is -2.64. The maximum atomic E-state index is 13.1. The van der Waals surface area contributed by atoms with E-state index in [4.69, 9.17) is 0 Å². The molecular weight excluding hydrogens is 260 g/mol. The summed E-state index contributed by atoms with van der Waals surface area (Å²) in [5.41, 5.74) is -0.817. The van der Waals surface area contributed by atoms with Crippen LogP contribution in [0.4, 0.5) is 0 Å². The van der Waals surface area contributed by atoms with Crippen LogP contribution in [0.1, 0.15) is 69.2 Å². The van der Waals surface area contributed by atoms with Gasteiger partial charge in [-0.15, -0.1) is 0 Å². The van der Waals surface area contributed by atoms with Crippen LogP contribution in [0.15, 0.2) is 0 Å². The van der Waals surface area contributed by atoms with Crippen LogP contribution in [-0.2, 0) is 4.79 Å². The fourth-order valence-electron chi connectivity index (χ4n) is 4.26. The minimum absolute atomic E-state index is 0.194. The lowest BCUT2D eigenvalue weighted by Gasteiger charge is -2.54. The summed E-state index contributed by atoms with van der Waals surface area (Å²) in [6.45, 7) is 22.1. The largest absolute Gasteiger partial charge is 0.339 e. The number of rotatable bonds is 2. The molecule has 0 aromatic carbocycles. The first-order valence-corrected chi connectivity index (χ1v) is 8.27. The zero-order chi connectivity index (χ0) is 17.0. The van der Waals surface area contributed by atoms with Crippen LogP contribution < -0.4 is 0 Å². The smallest absolute Gasteiger partial charge is 0.230 e. The zero-order valence-corrected chi connectivity index (χ0v) is 16.0. The first kappa shape index (κ1) is 18.5. The Balaban J connectivity index is 3.67. The molecule has 0 aliphatic carbocycles. The monoisotopic (exact) mass is 296 g/mol. The molecule has 21 heavy (non-hydrogen) atoms. The van der Waals surface area contributed by atoms with Crippen LogP contribution in [0.2, 0.25) is 0 Å². The van der Waals surface area contributed by atoms with E-state index in [-0.39, 0.29) is 17.0 Å². The lowest BCUT2D eigenvalue weighted by molar-refractivity contribution is -0.146. The summed E-state index contributed by atoms with van der Waals surface area (Å²) in [5.74, 6) is 0.720. The highest BCUT2D eigenvalue weighted by atomic mass is 16.2. The van der Waals surface area contributed by atoms with Crippen LogP contribution in [0.25, 0.3) is 0 Å². The van der Waals surface area contributed by atoms with Gasteiger partial charge in [0.15, 0.2) is 0 Å². The minimum Gasteiger partial charge on any atom is -0.339 e. The van der Waals surface area contributed by atoms with E-state index in [1.165, 1.54) is 0 Å². The molecule has 0 aromatic rings. The third-order valence-electron chi connectivity index (χ3n) is 6.09. The van der Waals surface area contributed by atoms with Crippen LogP contribution in [0.5, 0.6) is 0 Å². The Labute approximate surface area is 132 Å². The summed E-state index contributed by atoms with van der Waals surface area (Å²) in [6, 6.07) is 0.716. The molecule has 1 fully saturated rings. The quantitative estimate of drug-likeness (QED) is 0.774. The molecule has 1 aliphatic rings. The fourth-order valence-corrected chi connectivity index (χ4v) is 4.26. The van der Waals surface area contributed by atoms with E-state index < -0.39 is 5.41 Å². The first-order valence-electron chi connectivity index (χ1n) is 8.27. The van der Waals surface area contributed by atoms with Crippen molar-refractivity contribution in [2.45, 2.75) is 92.4 Å². The number of carbonyl (C=O) groups excluding carboxylic acids is 1. The molecular formula is C18H36N2O. The molecule has 3 heteroatoms. The highest BCUT2D eigenvalue weighted by molar-refractivity contribution is 5.84. The van der Waals surface area contributed by atoms with Gasteiger partial charge in [0.2, 0.25) is 5.91 Å².